The number of para-hydroxylation sites is 1. The smallest absolute Gasteiger partial charge is 0.230 e. The van der Waals surface area contributed by atoms with E-state index in [1.165, 1.54) is 19.0 Å². The van der Waals surface area contributed by atoms with E-state index in [1.54, 1.807) is 20.4 Å². The first-order valence-corrected chi connectivity index (χ1v) is 13.6. The Hall–Kier alpha value is -2.90. The fourth-order valence-corrected chi connectivity index (χ4v) is 5.27. The second-order valence-corrected chi connectivity index (χ2v) is 12.6. The van der Waals surface area contributed by atoms with Gasteiger partial charge in [0, 0.05) is 29.9 Å². The minimum Gasteiger partial charge on any atom is -0.493 e. The van der Waals surface area contributed by atoms with Gasteiger partial charge in [0.25, 0.3) is 0 Å². The fraction of sp³-hybridized carbons (Fsp3) is 0.364. The summed E-state index contributed by atoms with van der Waals surface area (Å²) in [6.07, 6.45) is 4.09. The molecule has 5 rings (SSSR count). The lowest BCUT2D eigenvalue weighted by Gasteiger charge is -2.40. The first-order valence-electron chi connectivity index (χ1n) is 10.6. The molecule has 3 aromatic rings. The quantitative estimate of drug-likeness (QED) is 0.475. The monoisotopic (exact) mass is 485 g/mol. The predicted molar refractivity (Wildman–Crippen MR) is 132 cm³/mol. The van der Waals surface area contributed by atoms with E-state index in [2.05, 4.69) is 35.7 Å². The lowest BCUT2D eigenvalue weighted by atomic mass is 9.97. The van der Waals surface area contributed by atoms with Crippen molar-refractivity contribution >= 4 is 53.1 Å². The lowest BCUT2D eigenvalue weighted by Crippen LogP contribution is -2.48. The molecule has 0 amide bonds. The highest BCUT2D eigenvalue weighted by atomic mass is 35.5. The summed E-state index contributed by atoms with van der Waals surface area (Å²) in [6, 6.07) is 9.27. The Morgan fingerprint density at radius 1 is 1.12 bits per heavy atom. The summed E-state index contributed by atoms with van der Waals surface area (Å²) in [5, 5.41) is 15.9. The molecule has 3 heterocycles. The molecule has 0 unspecified atom stereocenters. The molecule has 2 aliphatic rings. The van der Waals surface area contributed by atoms with Gasteiger partial charge in [-0.15, -0.1) is 10.2 Å². The van der Waals surface area contributed by atoms with Gasteiger partial charge in [-0.25, -0.2) is 4.98 Å². The van der Waals surface area contributed by atoms with E-state index in [0.717, 1.165) is 24.2 Å². The van der Waals surface area contributed by atoms with Crippen LogP contribution in [0.1, 0.15) is 12.8 Å². The third-order valence-corrected chi connectivity index (χ3v) is 7.84. The molecule has 1 saturated carbocycles. The van der Waals surface area contributed by atoms with E-state index in [0.29, 0.717) is 33.5 Å². The second kappa shape index (κ2) is 8.15. The Morgan fingerprint density at radius 2 is 1.88 bits per heavy atom. The summed E-state index contributed by atoms with van der Waals surface area (Å²) < 4.78 is 18.2. The second-order valence-electron chi connectivity index (χ2n) is 8.98. The standard InChI is InChI=1S/C22H25ClN7O2P/c1-32-16-10-18(30-12-22(13-30)8-9-22)28-29-20(16)27-21-24-11-14(23)19(26-21)25-15-6-4-5-7-17(15)33(2,3)31/h4-7,10-11H,8-9,12-13H2,1-3H3,(H2,24,25,26,27,29). The number of hydrogen-bond donors (Lipinski definition) is 2. The number of nitrogens with one attached hydrogen (secondary N) is 2. The molecule has 11 heteroatoms. The highest BCUT2D eigenvalue weighted by Crippen LogP contribution is 2.53. The summed E-state index contributed by atoms with van der Waals surface area (Å²) in [6.45, 7) is 5.50. The van der Waals surface area contributed by atoms with E-state index in [-0.39, 0.29) is 5.95 Å². The Morgan fingerprint density at radius 3 is 2.58 bits per heavy atom. The molecule has 2 N–H and O–H groups in total. The lowest BCUT2D eigenvalue weighted by molar-refractivity contribution is 0.380. The Balaban J connectivity index is 1.37. The SMILES string of the molecule is COc1cc(N2CC3(CC3)C2)nnc1Nc1ncc(Cl)c(Nc2ccccc2P(C)(C)=O)n1. The van der Waals surface area contributed by atoms with Crippen LogP contribution in [0.25, 0.3) is 0 Å². The maximum atomic E-state index is 12.7. The van der Waals surface area contributed by atoms with E-state index < -0.39 is 7.14 Å². The normalized spacial score (nSPS) is 16.3. The average molecular weight is 486 g/mol. The van der Waals surface area contributed by atoms with Gasteiger partial charge in [0.1, 0.15) is 12.2 Å². The van der Waals surface area contributed by atoms with Crippen molar-refractivity contribution in [2.24, 2.45) is 5.41 Å². The molecule has 1 aromatic carbocycles. The van der Waals surface area contributed by atoms with Crippen LogP contribution in [0.2, 0.25) is 5.02 Å². The van der Waals surface area contributed by atoms with Crippen molar-refractivity contribution in [3.8, 4) is 5.75 Å². The molecule has 1 aliphatic carbocycles. The molecule has 2 aromatic heterocycles. The van der Waals surface area contributed by atoms with Crippen molar-refractivity contribution in [3.63, 3.8) is 0 Å². The van der Waals surface area contributed by atoms with Crippen LogP contribution in [0.15, 0.2) is 36.5 Å². The molecule has 1 spiro atoms. The summed E-state index contributed by atoms with van der Waals surface area (Å²) in [7, 11) is -0.916. The number of methoxy groups -OCH3 is 1. The van der Waals surface area contributed by atoms with E-state index in [1.807, 2.05) is 30.3 Å². The zero-order valence-corrected chi connectivity index (χ0v) is 20.3. The molecule has 172 valence electrons. The highest BCUT2D eigenvalue weighted by Gasteiger charge is 2.52. The Kier molecular flexibility index (Phi) is 5.41. The summed E-state index contributed by atoms with van der Waals surface area (Å²) >= 11 is 6.34. The van der Waals surface area contributed by atoms with Gasteiger partial charge < -0.3 is 24.8 Å². The van der Waals surface area contributed by atoms with Gasteiger partial charge in [-0.2, -0.15) is 4.98 Å². The first kappa shape index (κ1) is 21.9. The van der Waals surface area contributed by atoms with Gasteiger partial charge in [0.15, 0.2) is 23.2 Å². The molecular weight excluding hydrogens is 461 g/mol. The molecule has 0 bridgehead atoms. The van der Waals surface area contributed by atoms with Crippen molar-refractivity contribution in [3.05, 3.63) is 41.6 Å². The van der Waals surface area contributed by atoms with Gasteiger partial charge in [-0.3, -0.25) is 0 Å². The van der Waals surface area contributed by atoms with Gasteiger partial charge in [0.2, 0.25) is 5.95 Å². The third-order valence-electron chi connectivity index (χ3n) is 6.01. The van der Waals surface area contributed by atoms with Crippen LogP contribution in [0, 0.1) is 5.41 Å². The van der Waals surface area contributed by atoms with Crippen molar-refractivity contribution < 1.29 is 9.30 Å². The van der Waals surface area contributed by atoms with Crippen LogP contribution < -0.4 is 25.6 Å². The van der Waals surface area contributed by atoms with Crippen LogP contribution in [-0.2, 0) is 4.57 Å². The maximum absolute atomic E-state index is 12.7. The zero-order chi connectivity index (χ0) is 23.2. The van der Waals surface area contributed by atoms with Crippen molar-refractivity contribution in [1.29, 1.82) is 0 Å². The third kappa shape index (κ3) is 4.48. The van der Waals surface area contributed by atoms with E-state index in [4.69, 9.17) is 16.3 Å². The Labute approximate surface area is 197 Å². The van der Waals surface area contributed by atoms with Crippen molar-refractivity contribution in [1.82, 2.24) is 20.2 Å². The summed E-state index contributed by atoms with van der Waals surface area (Å²) in [5.41, 5.74) is 1.20. The van der Waals surface area contributed by atoms with Gasteiger partial charge in [-0.1, -0.05) is 23.7 Å². The zero-order valence-electron chi connectivity index (χ0n) is 18.7. The summed E-state index contributed by atoms with van der Waals surface area (Å²) in [5.74, 6) is 2.41. The van der Waals surface area contributed by atoms with Crippen LogP contribution in [-0.4, -0.2) is 53.7 Å². The number of anilines is 5. The van der Waals surface area contributed by atoms with Gasteiger partial charge >= 0.3 is 0 Å². The highest BCUT2D eigenvalue weighted by molar-refractivity contribution is 7.70. The number of ether oxygens (including phenoxy) is 1. The number of rotatable bonds is 7. The molecule has 1 aliphatic heterocycles. The van der Waals surface area contributed by atoms with Crippen LogP contribution in [0.5, 0.6) is 5.75 Å². The molecule has 2 fully saturated rings. The number of benzene rings is 1. The number of aromatic nitrogens is 4. The van der Waals surface area contributed by atoms with Crippen molar-refractivity contribution in [2.75, 3.05) is 49.1 Å². The molecule has 0 radical (unpaired) electrons. The first-order chi connectivity index (χ1) is 15.8. The maximum Gasteiger partial charge on any atom is 0.230 e. The molecule has 1 saturated heterocycles. The minimum atomic E-state index is -2.50. The fourth-order valence-electron chi connectivity index (χ4n) is 3.98. The van der Waals surface area contributed by atoms with E-state index in [9.17, 15) is 4.57 Å². The number of hydrogen-bond acceptors (Lipinski definition) is 9. The van der Waals surface area contributed by atoms with Crippen LogP contribution in [0.3, 0.4) is 0 Å². The number of halogens is 1. The van der Waals surface area contributed by atoms with Crippen LogP contribution >= 0.6 is 18.7 Å². The topological polar surface area (TPSA) is 105 Å². The average Bonchev–Trinajstić information content (AvgIpc) is 3.56. The molecule has 33 heavy (non-hydrogen) atoms. The molecule has 0 atom stereocenters. The van der Waals surface area contributed by atoms with Crippen LogP contribution in [0.4, 0.5) is 29.1 Å². The molecular formula is C22H25ClN7O2P. The number of nitrogens with zero attached hydrogens (tertiary/aromatic N) is 5. The minimum absolute atomic E-state index is 0.275. The largest absolute Gasteiger partial charge is 0.493 e. The predicted octanol–water partition coefficient (Wildman–Crippen LogP) is 4.26. The summed E-state index contributed by atoms with van der Waals surface area (Å²) in [4.78, 5) is 10.9. The van der Waals surface area contributed by atoms with Gasteiger partial charge in [0.05, 0.1) is 19.0 Å². The van der Waals surface area contributed by atoms with Crippen molar-refractivity contribution in [2.45, 2.75) is 12.8 Å². The van der Waals surface area contributed by atoms with E-state index >= 15 is 0 Å². The van der Waals surface area contributed by atoms with Gasteiger partial charge in [-0.05, 0) is 38.3 Å². The Bertz CT molecular complexity index is 1250. The molecule has 9 nitrogen and oxygen atoms in total.